The number of carbonyl (C=O) groups is 1. The first kappa shape index (κ1) is 14.5. The molecule has 110 valence electrons. The molecule has 0 atom stereocenters. The largest absolute Gasteiger partial charge is 0.347 e. The lowest BCUT2D eigenvalue weighted by molar-refractivity contribution is 0.102. The predicted octanol–water partition coefficient (Wildman–Crippen LogP) is 3.54. The van der Waals surface area contributed by atoms with Gasteiger partial charge in [0.2, 0.25) is 10.3 Å². The van der Waals surface area contributed by atoms with Crippen molar-refractivity contribution in [2.24, 2.45) is 0 Å². The maximum Gasteiger partial charge on any atom is 0.258 e. The minimum absolute atomic E-state index is 0.177. The maximum atomic E-state index is 12.2. The van der Waals surface area contributed by atoms with Crippen LogP contribution in [-0.2, 0) is 0 Å². The topological polar surface area (TPSA) is 58.1 Å². The molecule has 0 saturated carbocycles. The average molecular weight is 367 g/mol. The van der Waals surface area contributed by atoms with E-state index >= 15 is 0 Å². The maximum absolute atomic E-state index is 12.2. The van der Waals surface area contributed by atoms with Crippen molar-refractivity contribution < 1.29 is 4.79 Å². The van der Waals surface area contributed by atoms with E-state index in [0.29, 0.717) is 10.7 Å². The Bertz CT molecular complexity index is 639. The second-order valence-electron chi connectivity index (χ2n) is 4.87. The smallest absolute Gasteiger partial charge is 0.258 e. The summed E-state index contributed by atoms with van der Waals surface area (Å²) in [7, 11) is 0. The third-order valence-corrected chi connectivity index (χ3v) is 4.97. The summed E-state index contributed by atoms with van der Waals surface area (Å²) in [5.74, 6) is -0.177. The molecule has 21 heavy (non-hydrogen) atoms. The van der Waals surface area contributed by atoms with E-state index in [1.165, 1.54) is 30.6 Å². The molecular weight excluding hydrogens is 352 g/mol. The molecule has 1 fully saturated rings. The number of nitrogens with one attached hydrogen (secondary N) is 1. The number of rotatable bonds is 3. The zero-order valence-electron chi connectivity index (χ0n) is 11.4. The summed E-state index contributed by atoms with van der Waals surface area (Å²) in [5.41, 5.74) is 0.590. The van der Waals surface area contributed by atoms with Crippen LogP contribution in [-0.4, -0.2) is 29.2 Å². The first-order valence-electron chi connectivity index (χ1n) is 6.88. The molecule has 5 nitrogen and oxygen atoms in total. The Balaban J connectivity index is 1.69. The fraction of sp³-hybridized carbons (Fsp3) is 0.357. The molecular formula is C14H15BrN4OS. The van der Waals surface area contributed by atoms with Crippen LogP contribution in [0.15, 0.2) is 28.7 Å². The van der Waals surface area contributed by atoms with E-state index in [4.69, 9.17) is 0 Å². The molecule has 1 aliphatic rings. The van der Waals surface area contributed by atoms with Crippen LogP contribution in [0, 0.1) is 0 Å². The Hall–Kier alpha value is -1.47. The number of nitrogens with zero attached hydrogens (tertiary/aromatic N) is 3. The van der Waals surface area contributed by atoms with E-state index in [9.17, 15) is 4.79 Å². The fourth-order valence-corrected chi connectivity index (χ4v) is 3.55. The number of carbonyl (C=O) groups excluding carboxylic acids is 1. The number of aromatic nitrogens is 2. The van der Waals surface area contributed by atoms with E-state index in [1.807, 2.05) is 18.2 Å². The predicted molar refractivity (Wildman–Crippen MR) is 88.1 cm³/mol. The lowest BCUT2D eigenvalue weighted by Gasteiger charge is -2.25. The van der Waals surface area contributed by atoms with Gasteiger partial charge in [0, 0.05) is 17.6 Å². The highest BCUT2D eigenvalue weighted by Crippen LogP contribution is 2.27. The van der Waals surface area contributed by atoms with E-state index in [1.54, 1.807) is 6.07 Å². The third-order valence-electron chi connectivity index (χ3n) is 3.38. The van der Waals surface area contributed by atoms with Crippen LogP contribution >= 0.6 is 27.3 Å². The van der Waals surface area contributed by atoms with Crippen molar-refractivity contribution >= 4 is 43.4 Å². The molecule has 3 rings (SSSR count). The van der Waals surface area contributed by atoms with Gasteiger partial charge < -0.3 is 4.90 Å². The van der Waals surface area contributed by atoms with Crippen molar-refractivity contribution in [2.45, 2.75) is 19.3 Å². The fourth-order valence-electron chi connectivity index (χ4n) is 2.29. The number of amides is 1. The molecule has 2 aromatic rings. The van der Waals surface area contributed by atoms with Gasteiger partial charge in [0.05, 0.1) is 5.56 Å². The van der Waals surface area contributed by atoms with Crippen LogP contribution < -0.4 is 10.2 Å². The van der Waals surface area contributed by atoms with Gasteiger partial charge in [-0.3, -0.25) is 10.1 Å². The van der Waals surface area contributed by atoms with Gasteiger partial charge in [-0.2, -0.15) is 0 Å². The molecule has 0 unspecified atom stereocenters. The highest BCUT2D eigenvalue weighted by molar-refractivity contribution is 9.10. The second kappa shape index (κ2) is 6.53. The van der Waals surface area contributed by atoms with Gasteiger partial charge in [-0.15, -0.1) is 10.2 Å². The summed E-state index contributed by atoms with van der Waals surface area (Å²) in [6, 6.07) is 7.32. The van der Waals surface area contributed by atoms with Crippen LogP contribution in [0.3, 0.4) is 0 Å². The van der Waals surface area contributed by atoms with Crippen LogP contribution in [0.1, 0.15) is 29.6 Å². The number of piperidine rings is 1. The molecule has 1 saturated heterocycles. The van der Waals surface area contributed by atoms with Crippen molar-refractivity contribution in [1.29, 1.82) is 0 Å². The average Bonchev–Trinajstić information content (AvgIpc) is 2.97. The Kier molecular flexibility index (Phi) is 4.50. The molecule has 1 aromatic carbocycles. The standard InChI is InChI=1S/C14H15BrN4OS/c15-11-7-3-2-6-10(11)12(20)16-13-17-18-14(21-13)19-8-4-1-5-9-19/h2-3,6-7H,1,4-5,8-9H2,(H,16,17,20). The van der Waals surface area contributed by atoms with Gasteiger partial charge in [-0.25, -0.2) is 0 Å². The molecule has 1 aliphatic heterocycles. The van der Waals surface area contributed by atoms with Gasteiger partial charge in [0.25, 0.3) is 5.91 Å². The Labute approximate surface area is 135 Å². The van der Waals surface area contributed by atoms with E-state index < -0.39 is 0 Å². The first-order chi connectivity index (χ1) is 10.2. The van der Waals surface area contributed by atoms with Crippen LogP contribution in [0.4, 0.5) is 10.3 Å². The van der Waals surface area contributed by atoms with Crippen LogP contribution in [0.25, 0.3) is 0 Å². The first-order valence-corrected chi connectivity index (χ1v) is 8.49. The van der Waals surface area contributed by atoms with E-state index in [0.717, 1.165) is 22.7 Å². The molecule has 2 heterocycles. The Morgan fingerprint density at radius 3 is 2.71 bits per heavy atom. The third kappa shape index (κ3) is 3.41. The minimum atomic E-state index is -0.177. The van der Waals surface area contributed by atoms with Crippen molar-refractivity contribution in [1.82, 2.24) is 10.2 Å². The monoisotopic (exact) mass is 366 g/mol. The van der Waals surface area contributed by atoms with Crippen molar-refractivity contribution in [3.05, 3.63) is 34.3 Å². The van der Waals surface area contributed by atoms with Gasteiger partial charge >= 0.3 is 0 Å². The van der Waals surface area contributed by atoms with E-state index in [2.05, 4.69) is 36.3 Å². The summed E-state index contributed by atoms with van der Waals surface area (Å²) in [6.45, 7) is 2.04. The molecule has 0 radical (unpaired) electrons. The normalized spacial score (nSPS) is 15.0. The van der Waals surface area contributed by atoms with Crippen LogP contribution in [0.2, 0.25) is 0 Å². The summed E-state index contributed by atoms with van der Waals surface area (Å²) >= 11 is 4.80. The minimum Gasteiger partial charge on any atom is -0.347 e. The molecule has 0 bridgehead atoms. The van der Waals surface area contributed by atoms with Crippen molar-refractivity contribution in [3.8, 4) is 0 Å². The summed E-state index contributed by atoms with van der Waals surface area (Å²) in [5, 5.41) is 12.5. The number of benzene rings is 1. The second-order valence-corrected chi connectivity index (χ2v) is 6.68. The van der Waals surface area contributed by atoms with Gasteiger partial charge in [0.1, 0.15) is 0 Å². The zero-order chi connectivity index (χ0) is 14.7. The highest BCUT2D eigenvalue weighted by atomic mass is 79.9. The lowest BCUT2D eigenvalue weighted by atomic mass is 10.1. The van der Waals surface area contributed by atoms with Gasteiger partial charge in [0.15, 0.2) is 0 Å². The number of anilines is 2. The van der Waals surface area contributed by atoms with Crippen LogP contribution in [0.5, 0.6) is 0 Å². The highest BCUT2D eigenvalue weighted by Gasteiger charge is 2.17. The summed E-state index contributed by atoms with van der Waals surface area (Å²) < 4.78 is 0.767. The van der Waals surface area contributed by atoms with Crippen molar-refractivity contribution in [2.75, 3.05) is 23.3 Å². The Morgan fingerprint density at radius 2 is 1.95 bits per heavy atom. The van der Waals surface area contributed by atoms with Gasteiger partial charge in [-0.05, 0) is 47.3 Å². The quantitative estimate of drug-likeness (QED) is 0.902. The number of hydrogen-bond donors (Lipinski definition) is 1. The Morgan fingerprint density at radius 1 is 1.19 bits per heavy atom. The molecule has 0 spiro atoms. The summed E-state index contributed by atoms with van der Waals surface area (Å²) in [4.78, 5) is 14.4. The molecule has 1 N–H and O–H groups in total. The SMILES string of the molecule is O=C(Nc1nnc(N2CCCCC2)s1)c1ccccc1Br. The van der Waals surface area contributed by atoms with Crippen molar-refractivity contribution in [3.63, 3.8) is 0 Å². The molecule has 7 heteroatoms. The summed E-state index contributed by atoms with van der Waals surface area (Å²) in [6.07, 6.45) is 3.66. The van der Waals surface area contributed by atoms with Gasteiger partial charge in [-0.1, -0.05) is 23.5 Å². The molecule has 0 aliphatic carbocycles. The number of hydrogen-bond acceptors (Lipinski definition) is 5. The lowest BCUT2D eigenvalue weighted by Crippen LogP contribution is -2.29. The molecule has 1 aromatic heterocycles. The van der Waals surface area contributed by atoms with E-state index in [-0.39, 0.29) is 5.91 Å². The number of halogens is 1. The zero-order valence-corrected chi connectivity index (χ0v) is 13.8. The molecule has 1 amide bonds.